The molecule has 0 spiro atoms. The van der Waals surface area contributed by atoms with Crippen LogP contribution in [0.3, 0.4) is 0 Å². The van der Waals surface area contributed by atoms with Gasteiger partial charge in [0.25, 0.3) is 0 Å². The molecule has 3 unspecified atom stereocenters. The number of ether oxygens (including phenoxy) is 1. The number of hydrogen-bond acceptors (Lipinski definition) is 8. The van der Waals surface area contributed by atoms with Gasteiger partial charge in [-0.2, -0.15) is 0 Å². The maximum atomic E-state index is 13.6. The number of nitrogens with zero attached hydrogens (tertiary/aromatic N) is 2. The van der Waals surface area contributed by atoms with E-state index in [0.29, 0.717) is 6.42 Å². The first-order valence-electron chi connectivity index (χ1n) is 13.6. The van der Waals surface area contributed by atoms with Gasteiger partial charge in [0.2, 0.25) is 17.7 Å². The number of hydrogen-bond donors (Lipinski definition) is 3. The van der Waals surface area contributed by atoms with Gasteiger partial charge in [-0.25, -0.2) is 4.98 Å². The normalized spacial score (nSPS) is 17.8. The van der Waals surface area contributed by atoms with Crippen LogP contribution in [0.15, 0.2) is 29.8 Å². The third-order valence-electron chi connectivity index (χ3n) is 6.80. The minimum Gasteiger partial charge on any atom is -0.466 e. The lowest BCUT2D eigenvalue weighted by Gasteiger charge is -2.35. The van der Waals surface area contributed by atoms with E-state index in [0.717, 1.165) is 21.7 Å². The standard InChI is InChI=1S/C29H40N4O6S/c1-6-39-24(36)9-7-8-23(35)32-26(29(3,4)5)28(38)33-16-21(34)14-22(33)27(37)30-15-19-10-12-20(13-11-19)25-18(2)31-17-40-25/h10-13,17,21-22,26,34H,6-9,14-16H2,1-5H3,(H,30,37)(H,32,35). The highest BCUT2D eigenvalue weighted by Crippen LogP contribution is 2.28. The highest BCUT2D eigenvalue weighted by atomic mass is 32.1. The van der Waals surface area contributed by atoms with Gasteiger partial charge < -0.3 is 25.4 Å². The van der Waals surface area contributed by atoms with Gasteiger partial charge in [0.05, 0.1) is 28.8 Å². The van der Waals surface area contributed by atoms with Crippen LogP contribution >= 0.6 is 11.3 Å². The maximum Gasteiger partial charge on any atom is 0.305 e. The summed E-state index contributed by atoms with van der Waals surface area (Å²) in [5.41, 5.74) is 4.09. The van der Waals surface area contributed by atoms with Crippen molar-refractivity contribution in [3.05, 3.63) is 41.0 Å². The summed E-state index contributed by atoms with van der Waals surface area (Å²) in [7, 11) is 0. The summed E-state index contributed by atoms with van der Waals surface area (Å²) in [4.78, 5) is 57.8. The van der Waals surface area contributed by atoms with Crippen molar-refractivity contribution in [2.45, 2.75) is 85.0 Å². The van der Waals surface area contributed by atoms with Gasteiger partial charge in [-0.1, -0.05) is 45.0 Å². The Hall–Kier alpha value is -3.31. The number of carbonyl (C=O) groups excluding carboxylic acids is 4. The Bertz CT molecular complexity index is 1190. The van der Waals surface area contributed by atoms with E-state index in [4.69, 9.17) is 4.74 Å². The van der Waals surface area contributed by atoms with Crippen molar-refractivity contribution in [1.82, 2.24) is 20.5 Å². The van der Waals surface area contributed by atoms with Crippen LogP contribution in [-0.4, -0.2) is 70.0 Å². The fourth-order valence-corrected chi connectivity index (χ4v) is 5.45. The molecule has 0 bridgehead atoms. The first-order valence-corrected chi connectivity index (χ1v) is 14.5. The fourth-order valence-electron chi connectivity index (χ4n) is 4.64. The van der Waals surface area contributed by atoms with Crippen molar-refractivity contribution in [2.24, 2.45) is 5.41 Å². The summed E-state index contributed by atoms with van der Waals surface area (Å²) in [5, 5.41) is 16.1. The molecule has 1 fully saturated rings. The Labute approximate surface area is 239 Å². The maximum absolute atomic E-state index is 13.6. The molecule has 0 saturated carbocycles. The Morgan fingerprint density at radius 2 is 1.88 bits per heavy atom. The van der Waals surface area contributed by atoms with E-state index in [1.165, 1.54) is 4.90 Å². The topological polar surface area (TPSA) is 138 Å². The Morgan fingerprint density at radius 1 is 1.18 bits per heavy atom. The molecule has 1 saturated heterocycles. The monoisotopic (exact) mass is 572 g/mol. The number of aliphatic hydroxyl groups excluding tert-OH is 1. The number of nitrogens with one attached hydrogen (secondary N) is 2. The van der Waals surface area contributed by atoms with E-state index >= 15 is 0 Å². The van der Waals surface area contributed by atoms with E-state index in [1.54, 1.807) is 18.3 Å². The molecule has 10 nitrogen and oxygen atoms in total. The van der Waals surface area contributed by atoms with Crippen molar-refractivity contribution in [2.75, 3.05) is 13.2 Å². The number of thiazole rings is 1. The van der Waals surface area contributed by atoms with E-state index in [2.05, 4.69) is 15.6 Å². The Morgan fingerprint density at radius 3 is 2.48 bits per heavy atom. The van der Waals surface area contributed by atoms with Crippen molar-refractivity contribution in [1.29, 1.82) is 0 Å². The predicted molar refractivity (Wildman–Crippen MR) is 152 cm³/mol. The molecule has 3 N–H and O–H groups in total. The molecule has 2 heterocycles. The molecule has 3 amide bonds. The molecule has 1 aromatic carbocycles. The molecule has 1 aliphatic heterocycles. The number of carbonyl (C=O) groups is 4. The second-order valence-electron chi connectivity index (χ2n) is 11.1. The summed E-state index contributed by atoms with van der Waals surface area (Å²) in [5.74, 6) is -1.52. The lowest BCUT2D eigenvalue weighted by Crippen LogP contribution is -2.57. The van der Waals surface area contributed by atoms with Crippen LogP contribution in [0, 0.1) is 12.3 Å². The number of likely N-dealkylation sites (tertiary alicyclic amines) is 1. The zero-order chi connectivity index (χ0) is 29.4. The van der Waals surface area contributed by atoms with Gasteiger partial charge in [0, 0.05) is 32.4 Å². The van der Waals surface area contributed by atoms with E-state index in [1.807, 2.05) is 57.5 Å². The first kappa shape index (κ1) is 31.2. The second-order valence-corrected chi connectivity index (χ2v) is 12.0. The Kier molecular flexibility index (Phi) is 10.8. The van der Waals surface area contributed by atoms with Gasteiger partial charge in [-0.05, 0) is 36.8 Å². The minimum atomic E-state index is -0.911. The molecular weight excluding hydrogens is 532 g/mol. The summed E-state index contributed by atoms with van der Waals surface area (Å²) in [6.07, 6.45) is -0.252. The number of aryl methyl sites for hydroxylation is 1. The molecule has 11 heteroatoms. The van der Waals surface area contributed by atoms with E-state index < -0.39 is 29.5 Å². The molecule has 3 rings (SSSR count). The number of amides is 3. The summed E-state index contributed by atoms with van der Waals surface area (Å²) < 4.78 is 4.89. The second kappa shape index (κ2) is 13.8. The van der Waals surface area contributed by atoms with Crippen LogP contribution in [0.1, 0.15) is 64.6 Å². The van der Waals surface area contributed by atoms with Crippen LogP contribution in [-0.2, 0) is 30.5 Å². The lowest BCUT2D eigenvalue weighted by atomic mass is 9.85. The number of aromatic nitrogens is 1. The number of benzene rings is 1. The van der Waals surface area contributed by atoms with Crippen LogP contribution in [0.25, 0.3) is 10.4 Å². The lowest BCUT2D eigenvalue weighted by molar-refractivity contribution is -0.144. The van der Waals surface area contributed by atoms with Gasteiger partial charge in [0.1, 0.15) is 12.1 Å². The summed E-state index contributed by atoms with van der Waals surface area (Å²) in [6, 6.07) is 6.09. The van der Waals surface area contributed by atoms with Gasteiger partial charge in [0.15, 0.2) is 0 Å². The molecule has 0 aliphatic carbocycles. The van der Waals surface area contributed by atoms with Crippen molar-refractivity contribution >= 4 is 35.0 Å². The van der Waals surface area contributed by atoms with Crippen LogP contribution in [0.2, 0.25) is 0 Å². The first-order chi connectivity index (χ1) is 18.9. The van der Waals surface area contributed by atoms with E-state index in [9.17, 15) is 24.3 Å². The molecule has 218 valence electrons. The average molecular weight is 573 g/mol. The zero-order valence-electron chi connectivity index (χ0n) is 23.9. The highest BCUT2D eigenvalue weighted by molar-refractivity contribution is 7.13. The molecule has 1 aromatic heterocycles. The number of β-amino-alcohol motifs (C(OH)–C–C–N with tert-alkyl or cyclic N) is 1. The van der Waals surface area contributed by atoms with Gasteiger partial charge >= 0.3 is 5.97 Å². The minimum absolute atomic E-state index is 0.00509. The van der Waals surface area contributed by atoms with Gasteiger partial charge in [-0.3, -0.25) is 19.2 Å². The van der Waals surface area contributed by atoms with Crippen molar-refractivity contribution in [3.8, 4) is 10.4 Å². The van der Waals surface area contributed by atoms with Crippen molar-refractivity contribution in [3.63, 3.8) is 0 Å². The summed E-state index contributed by atoms with van der Waals surface area (Å²) >= 11 is 1.57. The predicted octanol–water partition coefficient (Wildman–Crippen LogP) is 2.96. The van der Waals surface area contributed by atoms with Crippen LogP contribution in [0.4, 0.5) is 0 Å². The SMILES string of the molecule is CCOC(=O)CCCC(=O)NC(C(=O)N1CC(O)CC1C(=O)NCc1ccc(-c2scnc2C)cc1)C(C)(C)C. The number of esters is 1. The third kappa shape index (κ3) is 8.34. The molecular formula is C29H40N4O6S. The largest absolute Gasteiger partial charge is 0.466 e. The summed E-state index contributed by atoms with van der Waals surface area (Å²) in [6.45, 7) is 9.72. The van der Waals surface area contributed by atoms with Crippen molar-refractivity contribution < 1.29 is 29.0 Å². The molecule has 3 atom stereocenters. The van der Waals surface area contributed by atoms with Crippen LogP contribution < -0.4 is 10.6 Å². The quantitative estimate of drug-likeness (QED) is 0.352. The highest BCUT2D eigenvalue weighted by Gasteiger charge is 2.44. The Balaban J connectivity index is 1.62. The number of rotatable bonds is 11. The molecule has 0 radical (unpaired) electrons. The molecule has 1 aliphatic rings. The molecule has 2 aromatic rings. The molecule has 40 heavy (non-hydrogen) atoms. The number of aliphatic hydroxyl groups is 1. The fraction of sp³-hybridized carbons (Fsp3) is 0.552. The van der Waals surface area contributed by atoms with E-state index in [-0.39, 0.29) is 56.7 Å². The smallest absolute Gasteiger partial charge is 0.305 e. The zero-order valence-corrected chi connectivity index (χ0v) is 24.7. The average Bonchev–Trinajstić information content (AvgIpc) is 3.50. The third-order valence-corrected chi connectivity index (χ3v) is 7.78. The van der Waals surface area contributed by atoms with Crippen LogP contribution in [0.5, 0.6) is 0 Å². The van der Waals surface area contributed by atoms with Gasteiger partial charge in [-0.15, -0.1) is 11.3 Å².